The number of nitrogens with zero attached hydrogens (tertiary/aromatic N) is 1. The summed E-state index contributed by atoms with van der Waals surface area (Å²) >= 11 is 6.02. The molecule has 0 aromatic heterocycles. The Bertz CT molecular complexity index is 1020. The van der Waals surface area contributed by atoms with E-state index in [1.165, 1.54) is 28.6 Å². The van der Waals surface area contributed by atoms with E-state index in [1.54, 1.807) is 18.2 Å². The molecule has 9 heteroatoms. The summed E-state index contributed by atoms with van der Waals surface area (Å²) in [6.07, 6.45) is 1.43. The Labute approximate surface area is 158 Å². The van der Waals surface area contributed by atoms with Crippen LogP contribution in [0.3, 0.4) is 0 Å². The lowest BCUT2D eigenvalue weighted by Gasteiger charge is -2.28. The number of nitrogens with one attached hydrogen (secondary N) is 1. The molecule has 0 amide bonds. The van der Waals surface area contributed by atoms with Gasteiger partial charge in [-0.2, -0.15) is 0 Å². The number of benzene rings is 2. The van der Waals surface area contributed by atoms with Crippen LogP contribution in [0, 0.1) is 6.92 Å². The van der Waals surface area contributed by atoms with Crippen molar-refractivity contribution in [1.82, 2.24) is 0 Å². The summed E-state index contributed by atoms with van der Waals surface area (Å²) in [7, 11) is -7.12. The molecule has 0 radical (unpaired) electrons. The van der Waals surface area contributed by atoms with E-state index in [4.69, 9.17) is 11.6 Å². The van der Waals surface area contributed by atoms with Gasteiger partial charge in [0.05, 0.1) is 22.0 Å². The van der Waals surface area contributed by atoms with Crippen LogP contribution in [0.25, 0.3) is 0 Å². The molecule has 2 aromatic carbocycles. The largest absolute Gasteiger partial charge is 0.280 e. The first-order chi connectivity index (χ1) is 12.2. The second-order valence-corrected chi connectivity index (χ2v) is 10.3. The van der Waals surface area contributed by atoms with Gasteiger partial charge in [0, 0.05) is 11.6 Å². The number of hydrogen-bond acceptors (Lipinski definition) is 4. The van der Waals surface area contributed by atoms with E-state index in [2.05, 4.69) is 4.72 Å². The van der Waals surface area contributed by atoms with E-state index in [9.17, 15) is 16.8 Å². The first-order valence-corrected chi connectivity index (χ1v) is 11.6. The smallest absolute Gasteiger partial charge is 0.261 e. The van der Waals surface area contributed by atoms with E-state index in [-0.39, 0.29) is 10.6 Å². The van der Waals surface area contributed by atoms with Gasteiger partial charge in [0.25, 0.3) is 10.0 Å². The lowest BCUT2D eigenvalue weighted by atomic mass is 10.2. The monoisotopic (exact) mass is 414 g/mol. The molecule has 140 valence electrons. The maximum atomic E-state index is 12.5. The molecular weight excluding hydrogens is 396 g/mol. The van der Waals surface area contributed by atoms with Crippen molar-refractivity contribution in [3.05, 3.63) is 53.1 Å². The Kier molecular flexibility index (Phi) is 5.18. The Morgan fingerprint density at radius 2 is 1.77 bits per heavy atom. The normalized spacial score (nSPS) is 17.1. The van der Waals surface area contributed by atoms with E-state index in [1.807, 2.05) is 6.92 Å². The SMILES string of the molecule is Cc1ccc(NS(=O)(=O)c2ccc(N3CCCCS3(=O)=O)cc2)cc1Cl. The second kappa shape index (κ2) is 7.09. The van der Waals surface area contributed by atoms with Gasteiger partial charge in [-0.1, -0.05) is 17.7 Å². The summed E-state index contributed by atoms with van der Waals surface area (Å²) in [5, 5.41) is 0.468. The summed E-state index contributed by atoms with van der Waals surface area (Å²) < 4.78 is 53.2. The Morgan fingerprint density at radius 3 is 2.38 bits per heavy atom. The van der Waals surface area contributed by atoms with Gasteiger partial charge in [-0.05, 0) is 61.7 Å². The van der Waals surface area contributed by atoms with E-state index in [0.29, 0.717) is 29.4 Å². The zero-order valence-electron chi connectivity index (χ0n) is 14.1. The van der Waals surface area contributed by atoms with Crippen molar-refractivity contribution >= 4 is 43.0 Å². The third kappa shape index (κ3) is 3.97. The van der Waals surface area contributed by atoms with Gasteiger partial charge < -0.3 is 0 Å². The second-order valence-electron chi connectivity index (χ2n) is 6.16. The molecule has 1 saturated heterocycles. The minimum atomic E-state index is -3.80. The fourth-order valence-electron chi connectivity index (χ4n) is 2.74. The molecule has 0 atom stereocenters. The van der Waals surface area contributed by atoms with Crippen LogP contribution in [0.15, 0.2) is 47.4 Å². The summed E-state index contributed by atoms with van der Waals surface area (Å²) in [5.74, 6) is 0.114. The number of sulfonamides is 2. The van der Waals surface area contributed by atoms with Crippen LogP contribution >= 0.6 is 11.6 Å². The third-order valence-electron chi connectivity index (χ3n) is 4.21. The first-order valence-electron chi connectivity index (χ1n) is 8.08. The molecule has 0 spiro atoms. The number of hydrogen-bond donors (Lipinski definition) is 1. The zero-order valence-corrected chi connectivity index (χ0v) is 16.5. The molecule has 1 fully saturated rings. The summed E-state index contributed by atoms with van der Waals surface area (Å²) in [6, 6.07) is 10.7. The maximum absolute atomic E-state index is 12.5. The average Bonchev–Trinajstić information content (AvgIpc) is 2.58. The standard InChI is InChI=1S/C17H19ClN2O4S2/c1-13-4-5-14(12-17(13)18)19-26(23,24)16-8-6-15(7-9-16)20-10-2-3-11-25(20,21)22/h4-9,12,19H,2-3,10-11H2,1H3. The quantitative estimate of drug-likeness (QED) is 0.831. The summed E-state index contributed by atoms with van der Waals surface area (Å²) in [6.45, 7) is 2.24. The third-order valence-corrected chi connectivity index (χ3v) is 7.88. The highest BCUT2D eigenvalue weighted by Crippen LogP contribution is 2.26. The van der Waals surface area contributed by atoms with E-state index in [0.717, 1.165) is 12.0 Å². The Hall–Kier alpha value is -1.77. The molecule has 0 saturated carbocycles. The van der Waals surface area contributed by atoms with Crippen LogP contribution in [0.4, 0.5) is 11.4 Å². The highest BCUT2D eigenvalue weighted by molar-refractivity contribution is 7.93. The van der Waals surface area contributed by atoms with Crippen molar-refractivity contribution in [2.45, 2.75) is 24.7 Å². The molecule has 1 N–H and O–H groups in total. The van der Waals surface area contributed by atoms with Crippen LogP contribution in [0.1, 0.15) is 18.4 Å². The van der Waals surface area contributed by atoms with E-state index < -0.39 is 20.0 Å². The molecule has 3 rings (SSSR count). The van der Waals surface area contributed by atoms with Gasteiger partial charge in [-0.15, -0.1) is 0 Å². The minimum absolute atomic E-state index is 0.0485. The fraction of sp³-hybridized carbons (Fsp3) is 0.294. The molecule has 26 heavy (non-hydrogen) atoms. The van der Waals surface area contributed by atoms with Crippen LogP contribution in [0.2, 0.25) is 5.02 Å². The fourth-order valence-corrected chi connectivity index (χ4v) is 5.61. The zero-order chi connectivity index (χ0) is 18.9. The summed E-state index contributed by atoms with van der Waals surface area (Å²) in [4.78, 5) is 0.0485. The highest BCUT2D eigenvalue weighted by atomic mass is 35.5. The predicted octanol–water partition coefficient (Wildman–Crippen LogP) is 3.38. The van der Waals surface area contributed by atoms with Gasteiger partial charge in [0.15, 0.2) is 0 Å². The molecule has 1 heterocycles. The topological polar surface area (TPSA) is 83.6 Å². The lowest BCUT2D eigenvalue weighted by molar-refractivity contribution is 0.574. The van der Waals surface area contributed by atoms with Crippen molar-refractivity contribution in [2.75, 3.05) is 21.3 Å². The van der Waals surface area contributed by atoms with E-state index >= 15 is 0 Å². The molecular formula is C17H19ClN2O4S2. The van der Waals surface area contributed by atoms with Gasteiger partial charge in [0.2, 0.25) is 10.0 Å². The van der Waals surface area contributed by atoms with Crippen molar-refractivity contribution in [3.8, 4) is 0 Å². The van der Waals surface area contributed by atoms with Crippen LogP contribution < -0.4 is 9.03 Å². The molecule has 1 aliphatic rings. The molecule has 2 aromatic rings. The van der Waals surface area contributed by atoms with Crippen molar-refractivity contribution < 1.29 is 16.8 Å². The number of anilines is 2. The van der Waals surface area contributed by atoms with Crippen molar-refractivity contribution in [3.63, 3.8) is 0 Å². The molecule has 1 aliphatic heterocycles. The molecule has 0 bridgehead atoms. The minimum Gasteiger partial charge on any atom is -0.280 e. The van der Waals surface area contributed by atoms with Crippen molar-refractivity contribution in [2.24, 2.45) is 0 Å². The van der Waals surface area contributed by atoms with Crippen molar-refractivity contribution in [1.29, 1.82) is 0 Å². The Balaban J connectivity index is 1.84. The molecule has 0 aliphatic carbocycles. The predicted molar refractivity (Wildman–Crippen MR) is 104 cm³/mol. The van der Waals surface area contributed by atoms with Crippen LogP contribution in [-0.4, -0.2) is 29.1 Å². The average molecular weight is 415 g/mol. The number of rotatable bonds is 4. The van der Waals surface area contributed by atoms with Crippen LogP contribution in [-0.2, 0) is 20.0 Å². The van der Waals surface area contributed by atoms with Gasteiger partial charge in [-0.3, -0.25) is 9.03 Å². The number of aryl methyl sites for hydroxylation is 1. The lowest BCUT2D eigenvalue weighted by Crippen LogP contribution is -2.37. The molecule has 6 nitrogen and oxygen atoms in total. The van der Waals surface area contributed by atoms with Crippen LogP contribution in [0.5, 0.6) is 0 Å². The first kappa shape index (κ1) is 19.0. The van der Waals surface area contributed by atoms with Gasteiger partial charge >= 0.3 is 0 Å². The highest BCUT2D eigenvalue weighted by Gasteiger charge is 2.26. The number of halogens is 1. The molecule has 0 unspecified atom stereocenters. The maximum Gasteiger partial charge on any atom is 0.261 e. The van der Waals surface area contributed by atoms with Gasteiger partial charge in [-0.25, -0.2) is 16.8 Å². The Morgan fingerprint density at radius 1 is 1.08 bits per heavy atom. The summed E-state index contributed by atoms with van der Waals surface area (Å²) in [5.41, 5.74) is 1.69. The van der Waals surface area contributed by atoms with Gasteiger partial charge in [0.1, 0.15) is 0 Å².